The first-order valence-corrected chi connectivity index (χ1v) is 6.06. The SMILES string of the molecule is O=[N+]([O-])c1ccc(-c2nc(-c3cccc(F)c3)n[nH]2)cc1. The second kappa shape index (κ2) is 5.12. The molecular weight excluding hydrogens is 275 g/mol. The largest absolute Gasteiger partial charge is 0.269 e. The molecule has 7 heteroatoms. The Hall–Kier alpha value is -3.09. The van der Waals surface area contributed by atoms with Crippen LogP contribution in [0, 0.1) is 15.9 Å². The van der Waals surface area contributed by atoms with Gasteiger partial charge in [0.1, 0.15) is 5.82 Å². The molecule has 3 rings (SSSR count). The van der Waals surface area contributed by atoms with Crippen LogP contribution in [0.25, 0.3) is 22.8 Å². The molecule has 0 atom stereocenters. The summed E-state index contributed by atoms with van der Waals surface area (Å²) >= 11 is 0. The maximum atomic E-state index is 13.2. The van der Waals surface area contributed by atoms with Crippen LogP contribution in [-0.2, 0) is 0 Å². The van der Waals surface area contributed by atoms with Gasteiger partial charge in [-0.1, -0.05) is 12.1 Å². The van der Waals surface area contributed by atoms with Crippen molar-refractivity contribution in [2.24, 2.45) is 0 Å². The minimum absolute atomic E-state index is 0.00335. The predicted molar refractivity (Wildman–Crippen MR) is 73.9 cm³/mol. The average Bonchev–Trinajstić information content (AvgIpc) is 2.97. The first-order valence-electron chi connectivity index (χ1n) is 6.06. The highest BCUT2D eigenvalue weighted by Crippen LogP contribution is 2.22. The highest BCUT2D eigenvalue weighted by Gasteiger charge is 2.10. The van der Waals surface area contributed by atoms with E-state index in [0.29, 0.717) is 22.8 Å². The number of halogens is 1. The van der Waals surface area contributed by atoms with Crippen molar-refractivity contribution in [1.29, 1.82) is 0 Å². The molecule has 1 N–H and O–H groups in total. The van der Waals surface area contributed by atoms with Gasteiger partial charge < -0.3 is 0 Å². The van der Waals surface area contributed by atoms with E-state index in [-0.39, 0.29) is 11.5 Å². The maximum Gasteiger partial charge on any atom is 0.269 e. The second-order valence-corrected chi connectivity index (χ2v) is 4.32. The lowest BCUT2D eigenvalue weighted by atomic mass is 10.2. The number of nitro groups is 1. The highest BCUT2D eigenvalue weighted by molar-refractivity contribution is 5.62. The number of rotatable bonds is 3. The number of non-ortho nitro benzene ring substituents is 1. The molecule has 0 amide bonds. The number of aromatic nitrogens is 3. The Labute approximate surface area is 118 Å². The van der Waals surface area contributed by atoms with Crippen LogP contribution in [0.1, 0.15) is 0 Å². The quantitative estimate of drug-likeness (QED) is 0.591. The zero-order valence-electron chi connectivity index (χ0n) is 10.7. The number of aromatic amines is 1. The molecule has 0 saturated heterocycles. The van der Waals surface area contributed by atoms with Crippen LogP contribution < -0.4 is 0 Å². The van der Waals surface area contributed by atoms with E-state index < -0.39 is 4.92 Å². The number of hydrogen-bond donors (Lipinski definition) is 1. The fourth-order valence-electron chi connectivity index (χ4n) is 1.89. The third-order valence-corrected chi connectivity index (χ3v) is 2.92. The minimum Gasteiger partial charge on any atom is -0.259 e. The molecule has 104 valence electrons. The summed E-state index contributed by atoms with van der Waals surface area (Å²) in [7, 11) is 0. The summed E-state index contributed by atoms with van der Waals surface area (Å²) in [5, 5.41) is 17.4. The van der Waals surface area contributed by atoms with Gasteiger partial charge in [0.05, 0.1) is 4.92 Å². The van der Waals surface area contributed by atoms with Crippen LogP contribution in [0.4, 0.5) is 10.1 Å². The molecule has 1 heterocycles. The van der Waals surface area contributed by atoms with Gasteiger partial charge in [-0.25, -0.2) is 9.37 Å². The number of nitrogens with one attached hydrogen (secondary N) is 1. The Morgan fingerprint density at radius 2 is 1.86 bits per heavy atom. The summed E-state index contributed by atoms with van der Waals surface area (Å²) in [4.78, 5) is 14.4. The fraction of sp³-hybridized carbons (Fsp3) is 0. The van der Waals surface area contributed by atoms with Gasteiger partial charge >= 0.3 is 0 Å². The van der Waals surface area contributed by atoms with Crippen LogP contribution in [0.5, 0.6) is 0 Å². The molecule has 0 aliphatic heterocycles. The van der Waals surface area contributed by atoms with Crippen molar-refractivity contribution >= 4 is 5.69 Å². The van der Waals surface area contributed by atoms with E-state index in [1.807, 2.05) is 0 Å². The molecular formula is C14H9FN4O2. The lowest BCUT2D eigenvalue weighted by Crippen LogP contribution is -1.88. The Morgan fingerprint density at radius 1 is 1.10 bits per heavy atom. The molecule has 3 aromatic rings. The van der Waals surface area contributed by atoms with E-state index in [1.54, 1.807) is 24.3 Å². The van der Waals surface area contributed by atoms with Crippen molar-refractivity contribution < 1.29 is 9.31 Å². The summed E-state index contributed by atoms with van der Waals surface area (Å²) in [5.74, 6) is 0.459. The molecule has 6 nitrogen and oxygen atoms in total. The Kier molecular flexibility index (Phi) is 3.15. The van der Waals surface area contributed by atoms with Crippen LogP contribution in [0.15, 0.2) is 48.5 Å². The van der Waals surface area contributed by atoms with Gasteiger partial charge in [0.2, 0.25) is 0 Å². The number of H-pyrrole nitrogens is 1. The molecule has 0 aliphatic carbocycles. The Morgan fingerprint density at radius 3 is 2.52 bits per heavy atom. The van der Waals surface area contributed by atoms with Crippen LogP contribution in [0.2, 0.25) is 0 Å². The van der Waals surface area contributed by atoms with Gasteiger partial charge in [0, 0.05) is 23.3 Å². The van der Waals surface area contributed by atoms with Gasteiger partial charge in [-0.05, 0) is 24.3 Å². The second-order valence-electron chi connectivity index (χ2n) is 4.32. The monoisotopic (exact) mass is 284 g/mol. The lowest BCUT2D eigenvalue weighted by molar-refractivity contribution is -0.384. The van der Waals surface area contributed by atoms with Gasteiger partial charge in [-0.3, -0.25) is 15.2 Å². The molecule has 2 aromatic carbocycles. The maximum absolute atomic E-state index is 13.2. The summed E-state index contributed by atoms with van der Waals surface area (Å²) in [5.41, 5.74) is 1.22. The molecule has 21 heavy (non-hydrogen) atoms. The molecule has 0 saturated carbocycles. The number of hydrogen-bond acceptors (Lipinski definition) is 4. The molecule has 0 radical (unpaired) electrons. The van der Waals surface area contributed by atoms with Gasteiger partial charge in [0.25, 0.3) is 5.69 Å². The van der Waals surface area contributed by atoms with Gasteiger partial charge in [-0.2, -0.15) is 5.10 Å². The van der Waals surface area contributed by atoms with Crippen LogP contribution >= 0.6 is 0 Å². The van der Waals surface area contributed by atoms with Gasteiger partial charge in [-0.15, -0.1) is 0 Å². The normalized spacial score (nSPS) is 10.5. The van der Waals surface area contributed by atoms with Crippen molar-refractivity contribution in [3.63, 3.8) is 0 Å². The van der Waals surface area contributed by atoms with Crippen molar-refractivity contribution in [2.45, 2.75) is 0 Å². The average molecular weight is 284 g/mol. The highest BCUT2D eigenvalue weighted by atomic mass is 19.1. The topological polar surface area (TPSA) is 84.7 Å². The van der Waals surface area contributed by atoms with Crippen molar-refractivity contribution in [2.75, 3.05) is 0 Å². The van der Waals surface area contributed by atoms with E-state index in [1.165, 1.54) is 24.3 Å². The zero-order chi connectivity index (χ0) is 14.8. The number of nitrogens with zero attached hydrogens (tertiary/aromatic N) is 3. The number of nitro benzene ring substituents is 1. The van der Waals surface area contributed by atoms with E-state index in [9.17, 15) is 14.5 Å². The van der Waals surface area contributed by atoms with E-state index in [0.717, 1.165) is 0 Å². The molecule has 0 fully saturated rings. The number of benzene rings is 2. The van der Waals surface area contributed by atoms with E-state index in [4.69, 9.17) is 0 Å². The van der Waals surface area contributed by atoms with Crippen molar-refractivity contribution in [3.8, 4) is 22.8 Å². The molecule has 0 aliphatic rings. The molecule has 0 bridgehead atoms. The summed E-state index contributed by atoms with van der Waals surface area (Å²) in [6.07, 6.45) is 0. The smallest absolute Gasteiger partial charge is 0.259 e. The minimum atomic E-state index is -0.470. The molecule has 1 aromatic heterocycles. The van der Waals surface area contributed by atoms with Crippen molar-refractivity contribution in [3.05, 3.63) is 64.5 Å². The Balaban J connectivity index is 1.93. The third kappa shape index (κ3) is 2.62. The molecule has 0 spiro atoms. The fourth-order valence-corrected chi connectivity index (χ4v) is 1.89. The van der Waals surface area contributed by atoms with Crippen LogP contribution in [-0.4, -0.2) is 20.1 Å². The summed E-state index contributed by atoms with van der Waals surface area (Å²) < 4.78 is 13.2. The van der Waals surface area contributed by atoms with Crippen molar-refractivity contribution in [1.82, 2.24) is 15.2 Å². The van der Waals surface area contributed by atoms with Crippen LogP contribution in [0.3, 0.4) is 0 Å². The first-order chi connectivity index (χ1) is 10.1. The van der Waals surface area contributed by atoms with Gasteiger partial charge in [0.15, 0.2) is 11.6 Å². The zero-order valence-corrected chi connectivity index (χ0v) is 10.7. The predicted octanol–water partition coefficient (Wildman–Crippen LogP) is 3.19. The van der Waals surface area contributed by atoms with E-state index >= 15 is 0 Å². The van der Waals surface area contributed by atoms with E-state index in [2.05, 4.69) is 15.2 Å². The Bertz CT molecular complexity index is 799. The summed E-state index contributed by atoms with van der Waals surface area (Å²) in [6.45, 7) is 0. The molecule has 0 unspecified atom stereocenters. The standard InChI is InChI=1S/C14H9FN4O2/c15-11-3-1-2-10(8-11)14-16-13(17-18-14)9-4-6-12(7-5-9)19(20)21/h1-8H,(H,16,17,18). The third-order valence-electron chi connectivity index (χ3n) is 2.92. The lowest BCUT2D eigenvalue weighted by Gasteiger charge is -1.96. The first kappa shape index (κ1) is 12.9. The summed E-state index contributed by atoms with van der Waals surface area (Å²) in [6, 6.07) is 11.9.